The lowest BCUT2D eigenvalue weighted by Crippen LogP contribution is -2.26. The molecule has 1 heterocycles. The molecule has 20 heavy (non-hydrogen) atoms. The van der Waals surface area contributed by atoms with E-state index in [4.69, 9.17) is 4.74 Å². The predicted molar refractivity (Wildman–Crippen MR) is 72.0 cm³/mol. The van der Waals surface area contributed by atoms with Gasteiger partial charge in [0.2, 0.25) is 5.91 Å². The number of H-pyrrole nitrogens is 1. The zero-order valence-corrected chi connectivity index (χ0v) is 11.5. The van der Waals surface area contributed by atoms with Gasteiger partial charge in [0.1, 0.15) is 5.75 Å². The van der Waals surface area contributed by atoms with E-state index in [1.54, 1.807) is 19.1 Å². The lowest BCUT2D eigenvalue weighted by atomic mass is 10.1. The highest BCUT2D eigenvalue weighted by Gasteiger charge is 2.11. The van der Waals surface area contributed by atoms with Crippen LogP contribution in [-0.4, -0.2) is 45.6 Å². The van der Waals surface area contributed by atoms with Gasteiger partial charge >= 0.3 is 0 Å². The van der Waals surface area contributed by atoms with E-state index in [1.807, 2.05) is 24.3 Å². The number of tetrazole rings is 1. The summed E-state index contributed by atoms with van der Waals surface area (Å²) >= 11 is 0. The molecule has 0 bridgehead atoms. The topological polar surface area (TPSA) is 84.0 Å². The van der Waals surface area contributed by atoms with Crippen molar-refractivity contribution >= 4 is 5.91 Å². The minimum atomic E-state index is 0.0469. The number of nitrogens with one attached hydrogen (secondary N) is 1. The van der Waals surface area contributed by atoms with Crippen LogP contribution in [0.5, 0.6) is 5.75 Å². The molecule has 0 atom stereocenters. The molecule has 7 heteroatoms. The summed E-state index contributed by atoms with van der Waals surface area (Å²) in [7, 11) is 3.36. The molecule has 0 saturated heterocycles. The maximum Gasteiger partial charge on any atom is 0.223 e. The minimum absolute atomic E-state index is 0.0469. The molecule has 0 unspecified atom stereocenters. The summed E-state index contributed by atoms with van der Waals surface area (Å²) in [4.78, 5) is 13.6. The average molecular weight is 275 g/mol. The second-order valence-electron chi connectivity index (χ2n) is 4.43. The van der Waals surface area contributed by atoms with Gasteiger partial charge in [0.15, 0.2) is 5.82 Å². The highest BCUT2D eigenvalue weighted by atomic mass is 16.5. The van der Waals surface area contributed by atoms with Gasteiger partial charge in [-0.15, -0.1) is 10.2 Å². The summed E-state index contributed by atoms with van der Waals surface area (Å²) in [5, 5.41) is 13.5. The van der Waals surface area contributed by atoms with Crippen molar-refractivity contribution in [2.45, 2.75) is 19.4 Å². The van der Waals surface area contributed by atoms with Crippen LogP contribution in [0.1, 0.15) is 17.8 Å². The number of benzene rings is 1. The van der Waals surface area contributed by atoms with Crippen LogP contribution in [0.25, 0.3) is 0 Å². The smallest absolute Gasteiger partial charge is 0.223 e. The molecule has 2 aromatic rings. The fraction of sp³-hybridized carbons (Fsp3) is 0.385. The van der Waals surface area contributed by atoms with Gasteiger partial charge in [-0.25, -0.2) is 0 Å². The summed E-state index contributed by atoms with van der Waals surface area (Å²) < 4.78 is 5.09. The van der Waals surface area contributed by atoms with Gasteiger partial charge in [0.05, 0.1) is 13.7 Å². The summed E-state index contributed by atoms with van der Waals surface area (Å²) in [5.74, 6) is 1.37. The number of nitrogens with zero attached hydrogens (tertiary/aromatic N) is 4. The van der Waals surface area contributed by atoms with Crippen molar-refractivity contribution in [3.63, 3.8) is 0 Å². The molecule has 1 N–H and O–H groups in total. The summed E-state index contributed by atoms with van der Waals surface area (Å²) in [6, 6.07) is 7.71. The number of carbonyl (C=O) groups excluding carboxylic acids is 1. The maximum atomic E-state index is 12.0. The first kappa shape index (κ1) is 14.0. The third-order valence-corrected chi connectivity index (χ3v) is 2.98. The van der Waals surface area contributed by atoms with Crippen LogP contribution in [0.4, 0.5) is 0 Å². The Balaban J connectivity index is 1.81. The van der Waals surface area contributed by atoms with E-state index in [2.05, 4.69) is 20.6 Å². The van der Waals surface area contributed by atoms with Crippen molar-refractivity contribution in [1.29, 1.82) is 0 Å². The summed E-state index contributed by atoms with van der Waals surface area (Å²) in [6.45, 7) is 0.359. The Labute approximate surface area is 116 Å². The molecule has 0 spiro atoms. The third-order valence-electron chi connectivity index (χ3n) is 2.98. The van der Waals surface area contributed by atoms with E-state index in [0.29, 0.717) is 25.2 Å². The van der Waals surface area contributed by atoms with Crippen molar-refractivity contribution in [1.82, 2.24) is 25.5 Å². The van der Waals surface area contributed by atoms with E-state index in [0.717, 1.165) is 11.3 Å². The number of aromatic amines is 1. The normalized spacial score (nSPS) is 10.3. The number of methoxy groups -OCH3 is 1. The van der Waals surface area contributed by atoms with Crippen molar-refractivity contribution < 1.29 is 9.53 Å². The lowest BCUT2D eigenvalue weighted by molar-refractivity contribution is -0.130. The first-order chi connectivity index (χ1) is 9.69. The molecule has 0 aliphatic rings. The second-order valence-corrected chi connectivity index (χ2v) is 4.43. The van der Waals surface area contributed by atoms with Crippen molar-refractivity contribution in [2.75, 3.05) is 14.2 Å². The molecular weight excluding hydrogens is 258 g/mol. The second kappa shape index (κ2) is 6.65. The fourth-order valence-electron chi connectivity index (χ4n) is 1.78. The molecule has 0 fully saturated rings. The summed E-state index contributed by atoms with van der Waals surface area (Å²) in [6.07, 6.45) is 1.14. The Morgan fingerprint density at radius 3 is 2.70 bits per heavy atom. The van der Waals surface area contributed by atoms with Gasteiger partial charge in [-0.2, -0.15) is 5.21 Å². The lowest BCUT2D eigenvalue weighted by Gasteiger charge is -2.14. The Kier molecular flexibility index (Phi) is 4.65. The van der Waals surface area contributed by atoms with Gasteiger partial charge in [-0.3, -0.25) is 4.79 Å². The van der Waals surface area contributed by atoms with Gasteiger partial charge in [-0.05, 0) is 24.1 Å². The van der Waals surface area contributed by atoms with Crippen LogP contribution in [0, 0.1) is 0 Å². The van der Waals surface area contributed by atoms with Crippen LogP contribution in [0.3, 0.4) is 0 Å². The molecule has 0 aliphatic carbocycles. The highest BCUT2D eigenvalue weighted by molar-refractivity contribution is 5.76. The number of aromatic nitrogens is 4. The molecule has 1 aromatic heterocycles. The molecule has 2 rings (SSSR count). The largest absolute Gasteiger partial charge is 0.497 e. The number of hydrogen-bond acceptors (Lipinski definition) is 5. The van der Waals surface area contributed by atoms with Crippen molar-refractivity contribution in [3.05, 3.63) is 35.7 Å². The zero-order valence-electron chi connectivity index (χ0n) is 11.5. The monoisotopic (exact) mass is 275 g/mol. The Hall–Kier alpha value is -2.44. The van der Waals surface area contributed by atoms with Crippen LogP contribution in [-0.2, 0) is 17.8 Å². The van der Waals surface area contributed by atoms with Crippen molar-refractivity contribution in [2.24, 2.45) is 0 Å². The van der Waals surface area contributed by atoms with Gasteiger partial charge in [0.25, 0.3) is 0 Å². The van der Waals surface area contributed by atoms with E-state index in [9.17, 15) is 4.79 Å². The van der Waals surface area contributed by atoms with Crippen molar-refractivity contribution in [3.8, 4) is 5.75 Å². The predicted octanol–water partition coefficient (Wildman–Crippen LogP) is 0.799. The highest BCUT2D eigenvalue weighted by Crippen LogP contribution is 2.13. The van der Waals surface area contributed by atoms with Gasteiger partial charge in [-0.1, -0.05) is 17.3 Å². The minimum Gasteiger partial charge on any atom is -0.497 e. The molecule has 0 radical (unpaired) electrons. The van der Waals surface area contributed by atoms with Crippen LogP contribution >= 0.6 is 0 Å². The molecule has 106 valence electrons. The van der Waals surface area contributed by atoms with E-state index < -0.39 is 0 Å². The van der Waals surface area contributed by atoms with E-state index >= 15 is 0 Å². The Morgan fingerprint density at radius 1 is 1.35 bits per heavy atom. The SMILES string of the molecule is COc1ccc(CCC(=O)N(C)Cc2nn[nH]n2)cc1. The van der Waals surface area contributed by atoms with Gasteiger partial charge < -0.3 is 9.64 Å². The van der Waals surface area contributed by atoms with Crippen LogP contribution in [0.15, 0.2) is 24.3 Å². The fourth-order valence-corrected chi connectivity index (χ4v) is 1.78. The number of hydrogen-bond donors (Lipinski definition) is 1. The first-order valence-electron chi connectivity index (χ1n) is 6.28. The standard InChI is InChI=1S/C13H17N5O2/c1-18(9-12-14-16-17-15-12)13(19)8-5-10-3-6-11(20-2)7-4-10/h3-4,6-7H,5,8-9H2,1-2H3,(H,14,15,16,17). The number of ether oxygens (including phenoxy) is 1. The molecule has 0 aliphatic heterocycles. The molecule has 7 nitrogen and oxygen atoms in total. The Bertz CT molecular complexity index is 538. The molecule has 1 amide bonds. The number of carbonyl (C=O) groups is 1. The quantitative estimate of drug-likeness (QED) is 0.843. The number of amides is 1. The molecular formula is C13H17N5O2. The Morgan fingerprint density at radius 2 is 2.10 bits per heavy atom. The van der Waals surface area contributed by atoms with E-state index in [-0.39, 0.29) is 5.91 Å². The van der Waals surface area contributed by atoms with Crippen LogP contribution < -0.4 is 4.74 Å². The molecule has 0 saturated carbocycles. The van der Waals surface area contributed by atoms with Gasteiger partial charge in [0, 0.05) is 13.5 Å². The first-order valence-corrected chi connectivity index (χ1v) is 6.28. The number of rotatable bonds is 6. The zero-order chi connectivity index (χ0) is 14.4. The maximum absolute atomic E-state index is 12.0. The molecule has 1 aromatic carbocycles. The van der Waals surface area contributed by atoms with E-state index in [1.165, 1.54) is 0 Å². The average Bonchev–Trinajstić information content (AvgIpc) is 2.98. The number of aryl methyl sites for hydroxylation is 1. The third kappa shape index (κ3) is 3.78. The summed E-state index contributed by atoms with van der Waals surface area (Å²) in [5.41, 5.74) is 1.10. The van der Waals surface area contributed by atoms with Crippen LogP contribution in [0.2, 0.25) is 0 Å².